The van der Waals surface area contributed by atoms with E-state index in [-0.39, 0.29) is 17.9 Å². The minimum atomic E-state index is -5.22. The van der Waals surface area contributed by atoms with Gasteiger partial charge < -0.3 is 9.47 Å². The van der Waals surface area contributed by atoms with Crippen LogP contribution in [0, 0.1) is 0 Å². The van der Waals surface area contributed by atoms with E-state index in [1.807, 2.05) is 0 Å². The Morgan fingerprint density at radius 1 is 1.06 bits per heavy atom. The van der Waals surface area contributed by atoms with Crippen LogP contribution in [-0.2, 0) is 24.1 Å². The van der Waals surface area contributed by atoms with Crippen molar-refractivity contribution in [3.8, 4) is 11.6 Å². The van der Waals surface area contributed by atoms with E-state index >= 15 is 0 Å². The molecule has 0 atom stereocenters. The molecule has 0 saturated carbocycles. The van der Waals surface area contributed by atoms with Crippen molar-refractivity contribution in [2.75, 3.05) is 0 Å². The predicted octanol–water partition coefficient (Wildman–Crippen LogP) is 4.39. The summed E-state index contributed by atoms with van der Waals surface area (Å²) < 4.78 is 87.6. The molecule has 0 amide bonds. The maximum atomic E-state index is 13.5. The van der Waals surface area contributed by atoms with Crippen molar-refractivity contribution in [2.45, 2.75) is 25.5 Å². The Balaban J connectivity index is 1.76. The smallest absolute Gasteiger partial charge is 0.489 e. The number of rotatable bonds is 6. The highest BCUT2D eigenvalue weighted by Gasteiger charge is 2.41. The number of ether oxygens (including phenoxy) is 2. The van der Waals surface area contributed by atoms with Gasteiger partial charge in [-0.05, 0) is 23.8 Å². The molecule has 0 saturated heterocycles. The second kappa shape index (κ2) is 8.66. The van der Waals surface area contributed by atoms with E-state index in [1.165, 1.54) is 18.3 Å². The number of hydrogen-bond acceptors (Lipinski definition) is 5. The molecule has 3 aromatic rings. The quantitative estimate of drug-likeness (QED) is 0.416. The van der Waals surface area contributed by atoms with Crippen molar-refractivity contribution in [1.29, 1.82) is 0 Å². The molecule has 6 nitrogen and oxygen atoms in total. The fourth-order valence-corrected chi connectivity index (χ4v) is 2.51. The summed E-state index contributed by atoms with van der Waals surface area (Å²) in [4.78, 5) is 14.7. The Morgan fingerprint density at radius 3 is 2.48 bits per heavy atom. The van der Waals surface area contributed by atoms with Gasteiger partial charge >= 0.3 is 18.3 Å². The number of esters is 1. The Labute approximate surface area is 171 Å². The monoisotopic (exact) mass is 445 g/mol. The number of benzene rings is 1. The Bertz CT molecular complexity index is 1050. The van der Waals surface area contributed by atoms with Gasteiger partial charge in [0.1, 0.15) is 12.4 Å². The van der Waals surface area contributed by atoms with Gasteiger partial charge in [-0.1, -0.05) is 12.1 Å². The molecule has 0 unspecified atom stereocenters. The summed E-state index contributed by atoms with van der Waals surface area (Å²) in [6, 6.07) is 7.61. The molecule has 0 radical (unpaired) electrons. The summed E-state index contributed by atoms with van der Waals surface area (Å²) in [6.45, 7) is -0.418. The lowest BCUT2D eigenvalue weighted by molar-refractivity contribution is -0.190. The average molecular weight is 445 g/mol. The van der Waals surface area contributed by atoms with Crippen LogP contribution < -0.4 is 9.47 Å². The van der Waals surface area contributed by atoms with Gasteiger partial charge in [-0.15, -0.1) is 5.10 Å². The van der Waals surface area contributed by atoms with Crippen LogP contribution in [0.2, 0.25) is 0 Å². The third-order valence-corrected chi connectivity index (χ3v) is 3.89. The lowest BCUT2D eigenvalue weighted by atomic mass is 10.1. The lowest BCUT2D eigenvalue weighted by Gasteiger charge is -2.15. The minimum absolute atomic E-state index is 0.0115. The summed E-state index contributed by atoms with van der Waals surface area (Å²) in [5, 5.41) is 3.55. The maximum absolute atomic E-state index is 13.5. The second-order valence-corrected chi connectivity index (χ2v) is 6.21. The molecule has 12 heteroatoms. The molecule has 0 fully saturated rings. The second-order valence-electron chi connectivity index (χ2n) is 6.21. The van der Waals surface area contributed by atoms with E-state index in [9.17, 15) is 31.1 Å². The van der Waals surface area contributed by atoms with Gasteiger partial charge in [0.2, 0.25) is 5.88 Å². The molecule has 31 heavy (non-hydrogen) atoms. The highest BCUT2D eigenvalue weighted by atomic mass is 19.4. The van der Waals surface area contributed by atoms with Crippen molar-refractivity contribution in [3.63, 3.8) is 0 Å². The molecular formula is C19H13F6N3O3. The summed E-state index contributed by atoms with van der Waals surface area (Å²) in [5.74, 6) is -3.20. The van der Waals surface area contributed by atoms with Crippen molar-refractivity contribution in [2.24, 2.45) is 0 Å². The van der Waals surface area contributed by atoms with Gasteiger partial charge in [-0.2, -0.15) is 26.3 Å². The van der Waals surface area contributed by atoms with Gasteiger partial charge in [-0.25, -0.2) is 4.79 Å². The van der Waals surface area contributed by atoms with Gasteiger partial charge in [0, 0.05) is 30.2 Å². The van der Waals surface area contributed by atoms with Crippen molar-refractivity contribution in [1.82, 2.24) is 14.8 Å². The number of pyridine rings is 1. The first kappa shape index (κ1) is 22.1. The van der Waals surface area contributed by atoms with E-state index in [0.717, 1.165) is 23.0 Å². The van der Waals surface area contributed by atoms with E-state index < -0.39 is 36.3 Å². The van der Waals surface area contributed by atoms with Crippen molar-refractivity contribution >= 4 is 5.97 Å². The maximum Gasteiger partial charge on any atom is 0.491 e. The van der Waals surface area contributed by atoms with E-state index in [4.69, 9.17) is 4.74 Å². The number of hydrogen-bond donors (Lipinski definition) is 0. The number of halogens is 6. The fourth-order valence-electron chi connectivity index (χ4n) is 2.51. The summed E-state index contributed by atoms with van der Waals surface area (Å²) in [6.07, 6.45) is -5.79. The molecule has 0 bridgehead atoms. The minimum Gasteiger partial charge on any atom is -0.489 e. The molecular weight excluding hydrogens is 432 g/mol. The van der Waals surface area contributed by atoms with Gasteiger partial charge in [0.05, 0.1) is 12.1 Å². The number of carbonyl (C=O) groups excluding carboxylic acids is 1. The summed E-state index contributed by atoms with van der Waals surface area (Å²) in [5.41, 5.74) is -0.545. The van der Waals surface area contributed by atoms with Crippen LogP contribution in [0.1, 0.15) is 16.7 Å². The van der Waals surface area contributed by atoms with Crippen LogP contribution in [-0.4, -0.2) is 26.9 Å². The largest absolute Gasteiger partial charge is 0.491 e. The van der Waals surface area contributed by atoms with Gasteiger partial charge in [-0.3, -0.25) is 9.67 Å². The number of aromatic nitrogens is 3. The highest BCUT2D eigenvalue weighted by Crippen LogP contribution is 2.35. The zero-order chi connectivity index (χ0) is 22.6. The lowest BCUT2D eigenvalue weighted by Crippen LogP contribution is -2.28. The summed E-state index contributed by atoms with van der Waals surface area (Å²) in [7, 11) is 0. The zero-order valence-electron chi connectivity index (χ0n) is 15.4. The molecule has 0 aliphatic heterocycles. The SMILES string of the molecule is O=C(Oc1ccn(Cc2ccc(OCc3cccnc3)cc2C(F)(F)F)n1)C(F)(F)F. The number of alkyl halides is 6. The van der Waals surface area contributed by atoms with Crippen molar-refractivity contribution in [3.05, 3.63) is 71.7 Å². The average Bonchev–Trinajstić information content (AvgIpc) is 3.13. The third-order valence-electron chi connectivity index (χ3n) is 3.89. The fraction of sp³-hybridized carbons (Fsp3) is 0.211. The Kier molecular flexibility index (Phi) is 6.18. The zero-order valence-corrected chi connectivity index (χ0v) is 15.4. The predicted molar refractivity (Wildman–Crippen MR) is 93.0 cm³/mol. The molecule has 164 valence electrons. The first-order chi connectivity index (χ1) is 14.5. The van der Waals surface area contributed by atoms with E-state index in [1.54, 1.807) is 18.3 Å². The molecule has 0 aliphatic rings. The number of carbonyl (C=O) groups is 1. The van der Waals surface area contributed by atoms with Gasteiger partial charge in [0.15, 0.2) is 0 Å². The van der Waals surface area contributed by atoms with Gasteiger partial charge in [0.25, 0.3) is 0 Å². The summed E-state index contributed by atoms with van der Waals surface area (Å²) >= 11 is 0. The molecule has 0 aliphatic carbocycles. The first-order valence-corrected chi connectivity index (χ1v) is 8.56. The normalized spacial score (nSPS) is 11.9. The van der Waals surface area contributed by atoms with Crippen LogP contribution in [0.4, 0.5) is 26.3 Å². The number of nitrogens with zero attached hydrogens (tertiary/aromatic N) is 3. The standard InChI is InChI=1S/C19H13F6N3O3/c20-18(21,22)15-8-14(30-11-12-2-1-6-26-9-12)4-3-13(15)10-28-7-5-16(27-28)31-17(29)19(23,24)25/h1-9H,10-11H2. The molecule has 2 heterocycles. The Morgan fingerprint density at radius 2 is 1.84 bits per heavy atom. The molecule has 1 aromatic carbocycles. The highest BCUT2D eigenvalue weighted by molar-refractivity contribution is 5.77. The van der Waals surface area contributed by atoms with E-state index in [0.29, 0.717) is 5.56 Å². The molecule has 0 spiro atoms. The van der Waals surface area contributed by atoms with Crippen LogP contribution in [0.25, 0.3) is 0 Å². The van der Waals surface area contributed by atoms with Crippen LogP contribution in [0.5, 0.6) is 11.6 Å². The van der Waals surface area contributed by atoms with Crippen LogP contribution >= 0.6 is 0 Å². The molecule has 0 N–H and O–H groups in total. The molecule has 2 aromatic heterocycles. The van der Waals surface area contributed by atoms with Crippen molar-refractivity contribution < 1.29 is 40.6 Å². The Hall–Kier alpha value is -3.57. The molecule has 3 rings (SSSR count). The van der Waals surface area contributed by atoms with Crippen LogP contribution in [0.3, 0.4) is 0 Å². The van der Waals surface area contributed by atoms with E-state index in [2.05, 4.69) is 14.8 Å². The van der Waals surface area contributed by atoms with Crippen LogP contribution in [0.15, 0.2) is 55.0 Å². The first-order valence-electron chi connectivity index (χ1n) is 8.56. The topological polar surface area (TPSA) is 66.2 Å². The third kappa shape index (κ3) is 5.96.